The molecule has 1 saturated heterocycles. The van der Waals surface area contributed by atoms with E-state index in [1.807, 2.05) is 55.5 Å². The average Bonchev–Trinajstić information content (AvgIpc) is 2.83. The van der Waals surface area contributed by atoms with Crippen molar-refractivity contribution in [3.63, 3.8) is 0 Å². The first-order valence-corrected chi connectivity index (χ1v) is 11.5. The quantitative estimate of drug-likeness (QED) is 0.603. The maximum absolute atomic E-state index is 12.8. The topological polar surface area (TPSA) is 70.5 Å². The lowest BCUT2D eigenvalue weighted by atomic mass is 10.1. The molecule has 2 heterocycles. The highest BCUT2D eigenvalue weighted by Crippen LogP contribution is 2.24. The zero-order valence-corrected chi connectivity index (χ0v) is 19.7. The van der Waals surface area contributed by atoms with Crippen molar-refractivity contribution in [2.24, 2.45) is 0 Å². The first-order valence-electron chi connectivity index (χ1n) is 11.2. The second-order valence-corrected chi connectivity index (χ2v) is 8.55. The Kier molecular flexibility index (Phi) is 7.11. The van der Waals surface area contributed by atoms with Crippen LogP contribution in [0.25, 0.3) is 5.69 Å². The Morgan fingerprint density at radius 3 is 2.48 bits per heavy atom. The first-order chi connectivity index (χ1) is 16.0. The van der Waals surface area contributed by atoms with Crippen molar-refractivity contribution < 1.29 is 4.79 Å². The number of carbonyl (C=O) groups is 1. The summed E-state index contributed by atoms with van der Waals surface area (Å²) >= 11 is 6.44. The molecular weight excluding hydrogens is 438 g/mol. The standard InChI is InChI=1S/C25H28ClN5O2/c1-3-19-9-7-8-18(2)24(19)28-22(32)17-29-12-14-30(15-13-29)21-16-27-31(25(33)23(21)26)20-10-5-4-6-11-20/h4-11,16H,3,12-15,17H2,1-2H3,(H,28,32). The highest BCUT2D eigenvalue weighted by molar-refractivity contribution is 6.33. The van der Waals surface area contributed by atoms with Crippen LogP contribution < -0.4 is 15.8 Å². The van der Waals surface area contributed by atoms with Gasteiger partial charge in [-0.1, -0.05) is 54.9 Å². The van der Waals surface area contributed by atoms with E-state index in [9.17, 15) is 9.59 Å². The molecule has 7 nitrogen and oxygen atoms in total. The van der Waals surface area contributed by atoms with Gasteiger partial charge >= 0.3 is 0 Å². The third-order valence-electron chi connectivity index (χ3n) is 5.99. The number of piperazine rings is 1. The number of aromatic nitrogens is 2. The molecule has 0 saturated carbocycles. The van der Waals surface area contributed by atoms with Gasteiger partial charge in [0, 0.05) is 31.9 Å². The minimum absolute atomic E-state index is 0.0161. The molecule has 0 spiro atoms. The number of benzene rings is 2. The van der Waals surface area contributed by atoms with Gasteiger partial charge in [-0.15, -0.1) is 0 Å². The number of amides is 1. The van der Waals surface area contributed by atoms with Crippen LogP contribution in [0.3, 0.4) is 0 Å². The molecule has 0 radical (unpaired) electrons. The summed E-state index contributed by atoms with van der Waals surface area (Å²) in [6.07, 6.45) is 2.51. The number of aryl methyl sites for hydroxylation is 2. The summed E-state index contributed by atoms with van der Waals surface area (Å²) in [7, 11) is 0. The van der Waals surface area contributed by atoms with Crippen molar-refractivity contribution in [3.8, 4) is 5.69 Å². The van der Waals surface area contributed by atoms with E-state index in [1.54, 1.807) is 6.20 Å². The minimum atomic E-state index is -0.341. The largest absolute Gasteiger partial charge is 0.366 e. The van der Waals surface area contributed by atoms with Crippen molar-refractivity contribution in [3.05, 3.63) is 81.2 Å². The summed E-state index contributed by atoms with van der Waals surface area (Å²) in [5, 5.41) is 7.57. The summed E-state index contributed by atoms with van der Waals surface area (Å²) in [6, 6.07) is 15.3. The van der Waals surface area contributed by atoms with Crippen LogP contribution in [-0.4, -0.2) is 53.3 Å². The van der Waals surface area contributed by atoms with Crippen LogP contribution >= 0.6 is 11.6 Å². The van der Waals surface area contributed by atoms with Crippen LogP contribution in [0.15, 0.2) is 59.5 Å². The molecule has 1 aromatic heterocycles. The van der Waals surface area contributed by atoms with Crippen molar-refractivity contribution in [1.82, 2.24) is 14.7 Å². The van der Waals surface area contributed by atoms with Gasteiger partial charge in [-0.3, -0.25) is 14.5 Å². The Morgan fingerprint density at radius 1 is 1.06 bits per heavy atom. The third-order valence-corrected chi connectivity index (χ3v) is 6.34. The van der Waals surface area contributed by atoms with Crippen LogP contribution in [0.2, 0.25) is 5.02 Å². The smallest absolute Gasteiger partial charge is 0.292 e. The van der Waals surface area contributed by atoms with E-state index >= 15 is 0 Å². The molecule has 1 aliphatic rings. The van der Waals surface area contributed by atoms with E-state index in [-0.39, 0.29) is 16.5 Å². The highest BCUT2D eigenvalue weighted by atomic mass is 35.5. The Labute approximate surface area is 198 Å². The zero-order chi connectivity index (χ0) is 23.4. The van der Waals surface area contributed by atoms with Crippen molar-refractivity contribution in [1.29, 1.82) is 0 Å². The summed E-state index contributed by atoms with van der Waals surface area (Å²) in [4.78, 5) is 29.6. The maximum Gasteiger partial charge on any atom is 0.292 e. The van der Waals surface area contributed by atoms with Crippen LogP contribution in [-0.2, 0) is 11.2 Å². The molecule has 1 N–H and O–H groups in total. The number of para-hydroxylation sites is 2. The molecule has 4 rings (SSSR count). The summed E-state index contributed by atoms with van der Waals surface area (Å²) < 4.78 is 1.31. The Balaban J connectivity index is 1.38. The molecule has 0 aliphatic carbocycles. The van der Waals surface area contributed by atoms with Gasteiger partial charge in [0.2, 0.25) is 5.91 Å². The molecule has 1 fully saturated rings. The lowest BCUT2D eigenvalue weighted by Crippen LogP contribution is -2.49. The number of anilines is 2. The molecule has 3 aromatic rings. The third kappa shape index (κ3) is 5.10. The van der Waals surface area contributed by atoms with Crippen LogP contribution in [0.4, 0.5) is 11.4 Å². The normalized spacial score (nSPS) is 14.3. The van der Waals surface area contributed by atoms with E-state index in [0.29, 0.717) is 44.1 Å². The molecule has 8 heteroatoms. The Bertz CT molecular complexity index is 1190. The lowest BCUT2D eigenvalue weighted by Gasteiger charge is -2.35. The number of hydrogen-bond donors (Lipinski definition) is 1. The minimum Gasteiger partial charge on any atom is -0.366 e. The molecule has 1 amide bonds. The predicted octanol–water partition coefficient (Wildman–Crippen LogP) is 3.52. The van der Waals surface area contributed by atoms with Gasteiger partial charge in [0.25, 0.3) is 5.56 Å². The fourth-order valence-corrected chi connectivity index (χ4v) is 4.38. The van der Waals surface area contributed by atoms with Gasteiger partial charge < -0.3 is 10.2 Å². The van der Waals surface area contributed by atoms with E-state index < -0.39 is 0 Å². The molecule has 0 unspecified atom stereocenters. The summed E-state index contributed by atoms with van der Waals surface area (Å²) in [5.74, 6) is -0.0161. The van der Waals surface area contributed by atoms with Gasteiger partial charge in [0.15, 0.2) is 0 Å². The molecule has 172 valence electrons. The SMILES string of the molecule is CCc1cccc(C)c1NC(=O)CN1CCN(c2cnn(-c3ccccc3)c(=O)c2Cl)CC1. The second-order valence-electron chi connectivity index (χ2n) is 8.17. The zero-order valence-electron chi connectivity index (χ0n) is 18.9. The van der Waals surface area contributed by atoms with E-state index in [4.69, 9.17) is 11.6 Å². The van der Waals surface area contributed by atoms with E-state index in [0.717, 1.165) is 23.2 Å². The van der Waals surface area contributed by atoms with Gasteiger partial charge in [0.05, 0.1) is 24.1 Å². The number of nitrogens with zero attached hydrogens (tertiary/aromatic N) is 4. The number of rotatable bonds is 6. The van der Waals surface area contributed by atoms with Crippen molar-refractivity contribution >= 4 is 28.9 Å². The number of nitrogens with one attached hydrogen (secondary N) is 1. The van der Waals surface area contributed by atoms with Gasteiger partial charge in [-0.25, -0.2) is 0 Å². The molecule has 33 heavy (non-hydrogen) atoms. The number of hydrogen-bond acceptors (Lipinski definition) is 5. The van der Waals surface area contributed by atoms with Crippen LogP contribution in [0.1, 0.15) is 18.1 Å². The Hall–Kier alpha value is -3.16. The number of carbonyl (C=O) groups excluding carboxylic acids is 1. The lowest BCUT2D eigenvalue weighted by molar-refractivity contribution is -0.117. The van der Waals surface area contributed by atoms with Crippen molar-refractivity contribution in [2.45, 2.75) is 20.3 Å². The molecule has 0 bridgehead atoms. The maximum atomic E-state index is 12.8. The summed E-state index contributed by atoms with van der Waals surface area (Å²) in [5.41, 5.74) is 4.09. The monoisotopic (exact) mass is 465 g/mol. The van der Waals surface area contributed by atoms with E-state index in [1.165, 1.54) is 4.68 Å². The van der Waals surface area contributed by atoms with Crippen molar-refractivity contribution in [2.75, 3.05) is 42.9 Å². The summed E-state index contributed by atoms with van der Waals surface area (Å²) in [6.45, 7) is 7.13. The predicted molar refractivity (Wildman–Crippen MR) is 133 cm³/mol. The molecular formula is C25H28ClN5O2. The molecule has 1 aliphatic heterocycles. The van der Waals surface area contributed by atoms with Gasteiger partial charge in [-0.2, -0.15) is 9.78 Å². The number of halogens is 1. The fourth-order valence-electron chi connectivity index (χ4n) is 4.13. The Morgan fingerprint density at radius 2 is 1.79 bits per heavy atom. The van der Waals surface area contributed by atoms with Gasteiger partial charge in [0.1, 0.15) is 5.02 Å². The van der Waals surface area contributed by atoms with Crippen LogP contribution in [0, 0.1) is 6.92 Å². The van der Waals surface area contributed by atoms with Crippen LogP contribution in [0.5, 0.6) is 0 Å². The fraction of sp³-hybridized carbons (Fsp3) is 0.320. The highest BCUT2D eigenvalue weighted by Gasteiger charge is 2.23. The molecule has 2 aromatic carbocycles. The molecule has 0 atom stereocenters. The van der Waals surface area contributed by atoms with Gasteiger partial charge in [-0.05, 0) is 36.6 Å². The second kappa shape index (κ2) is 10.2. The van der Waals surface area contributed by atoms with E-state index in [2.05, 4.69) is 27.1 Å². The average molecular weight is 466 g/mol. The first kappa shape index (κ1) is 23.0.